The molecule has 0 bridgehead atoms. The van der Waals surface area contributed by atoms with E-state index in [0.29, 0.717) is 17.1 Å². The summed E-state index contributed by atoms with van der Waals surface area (Å²) >= 11 is 1.46. The molecule has 1 saturated heterocycles. The van der Waals surface area contributed by atoms with Crippen molar-refractivity contribution < 1.29 is 18.0 Å². The summed E-state index contributed by atoms with van der Waals surface area (Å²) in [4.78, 5) is 28.0. The summed E-state index contributed by atoms with van der Waals surface area (Å²) in [5.74, 6) is -0.213. The second-order valence-corrected chi connectivity index (χ2v) is 11.0. The lowest BCUT2D eigenvalue weighted by Crippen LogP contribution is -2.33. The topological polar surface area (TPSA) is 95.6 Å². The molecule has 0 unspecified atom stereocenters. The standard InChI is InChI=1S/C23H27N3O4S2/c1-15-6-5-7-19(16(15)2)25-32(29,30)18-8-9-21-20(13-18)24-23(28)17(14-31-21)12-22(27)26-10-3-4-11-26/h5-9,13,17,25H,3-4,10-12,14H2,1-2H3,(H,24,28)/t17-/m1/s1. The van der Waals surface area contributed by atoms with E-state index in [2.05, 4.69) is 10.0 Å². The van der Waals surface area contributed by atoms with E-state index in [0.717, 1.165) is 42.0 Å². The minimum absolute atomic E-state index is 0.00944. The van der Waals surface area contributed by atoms with Gasteiger partial charge in [-0.25, -0.2) is 8.42 Å². The maximum Gasteiger partial charge on any atom is 0.261 e. The molecule has 9 heteroatoms. The van der Waals surface area contributed by atoms with Crippen molar-refractivity contribution >= 4 is 45.0 Å². The number of benzene rings is 2. The van der Waals surface area contributed by atoms with Crippen LogP contribution >= 0.6 is 11.8 Å². The molecule has 32 heavy (non-hydrogen) atoms. The fourth-order valence-corrected chi connectivity index (χ4v) is 6.15. The van der Waals surface area contributed by atoms with E-state index in [1.807, 2.05) is 24.8 Å². The molecule has 0 spiro atoms. The molecular formula is C23H27N3O4S2. The Balaban J connectivity index is 1.51. The van der Waals surface area contributed by atoms with Crippen molar-refractivity contribution in [2.75, 3.05) is 28.9 Å². The van der Waals surface area contributed by atoms with E-state index < -0.39 is 15.9 Å². The third-order valence-corrected chi connectivity index (χ3v) is 8.66. The van der Waals surface area contributed by atoms with Crippen LogP contribution in [0.5, 0.6) is 0 Å². The minimum atomic E-state index is -3.83. The molecule has 2 aliphatic rings. The number of amides is 2. The van der Waals surface area contributed by atoms with Crippen molar-refractivity contribution in [1.29, 1.82) is 0 Å². The first-order valence-electron chi connectivity index (χ1n) is 10.7. The average molecular weight is 474 g/mol. The fraction of sp³-hybridized carbons (Fsp3) is 0.391. The Kier molecular flexibility index (Phi) is 6.48. The van der Waals surface area contributed by atoms with Crippen LogP contribution in [0, 0.1) is 19.8 Å². The minimum Gasteiger partial charge on any atom is -0.343 e. The number of nitrogens with one attached hydrogen (secondary N) is 2. The average Bonchev–Trinajstić information content (AvgIpc) is 3.25. The lowest BCUT2D eigenvalue weighted by Gasteiger charge is -2.18. The summed E-state index contributed by atoms with van der Waals surface area (Å²) in [5, 5.41) is 2.84. The van der Waals surface area contributed by atoms with Gasteiger partial charge in [0.1, 0.15) is 0 Å². The van der Waals surface area contributed by atoms with Crippen LogP contribution in [0.2, 0.25) is 0 Å². The lowest BCUT2D eigenvalue weighted by molar-refractivity contribution is -0.133. The summed E-state index contributed by atoms with van der Waals surface area (Å²) < 4.78 is 28.6. The molecule has 2 aromatic carbocycles. The highest BCUT2D eigenvalue weighted by Gasteiger charge is 2.30. The summed E-state index contributed by atoms with van der Waals surface area (Å²) in [6.45, 7) is 5.31. The van der Waals surface area contributed by atoms with E-state index in [9.17, 15) is 18.0 Å². The second-order valence-electron chi connectivity index (χ2n) is 8.30. The number of sulfonamides is 1. The molecule has 0 aromatic heterocycles. The molecule has 2 aromatic rings. The first kappa shape index (κ1) is 22.7. The molecule has 1 atom stereocenters. The van der Waals surface area contributed by atoms with Crippen molar-refractivity contribution in [2.45, 2.75) is 42.9 Å². The number of hydrogen-bond acceptors (Lipinski definition) is 5. The van der Waals surface area contributed by atoms with Gasteiger partial charge in [0.15, 0.2) is 0 Å². The number of fused-ring (bicyclic) bond motifs is 1. The Hall–Kier alpha value is -2.52. The molecule has 2 heterocycles. The monoisotopic (exact) mass is 473 g/mol. The van der Waals surface area contributed by atoms with Gasteiger partial charge >= 0.3 is 0 Å². The smallest absolute Gasteiger partial charge is 0.261 e. The molecule has 0 radical (unpaired) electrons. The number of hydrogen-bond donors (Lipinski definition) is 2. The number of rotatable bonds is 5. The number of likely N-dealkylation sites (tertiary alicyclic amines) is 1. The number of carbonyl (C=O) groups is 2. The van der Waals surface area contributed by atoms with Crippen molar-refractivity contribution in [2.24, 2.45) is 5.92 Å². The fourth-order valence-electron chi connectivity index (χ4n) is 3.92. The van der Waals surface area contributed by atoms with E-state index >= 15 is 0 Å². The Morgan fingerprint density at radius 2 is 1.94 bits per heavy atom. The van der Waals surface area contributed by atoms with Gasteiger partial charge in [-0.05, 0) is 62.1 Å². The molecule has 2 N–H and O–H groups in total. The molecule has 0 saturated carbocycles. The molecular weight excluding hydrogens is 446 g/mol. The van der Waals surface area contributed by atoms with Crippen LogP contribution < -0.4 is 10.0 Å². The van der Waals surface area contributed by atoms with Crippen LogP contribution in [-0.4, -0.2) is 44.0 Å². The zero-order chi connectivity index (χ0) is 22.9. The third kappa shape index (κ3) is 4.78. The number of anilines is 2. The first-order chi connectivity index (χ1) is 15.2. The van der Waals surface area contributed by atoms with Gasteiger partial charge in [-0.3, -0.25) is 14.3 Å². The van der Waals surface area contributed by atoms with Crippen molar-refractivity contribution in [3.05, 3.63) is 47.5 Å². The quantitative estimate of drug-likeness (QED) is 0.689. The summed E-state index contributed by atoms with van der Waals surface area (Å²) in [6, 6.07) is 10.2. The largest absolute Gasteiger partial charge is 0.343 e. The number of aryl methyl sites for hydroxylation is 1. The van der Waals surface area contributed by atoms with Crippen molar-refractivity contribution in [3.63, 3.8) is 0 Å². The Morgan fingerprint density at radius 3 is 2.69 bits per heavy atom. The van der Waals surface area contributed by atoms with Crippen LogP contribution in [0.4, 0.5) is 11.4 Å². The van der Waals surface area contributed by atoms with Crippen LogP contribution in [0.25, 0.3) is 0 Å². The van der Waals surface area contributed by atoms with Gasteiger partial charge in [-0.15, -0.1) is 11.8 Å². The van der Waals surface area contributed by atoms with Crippen LogP contribution in [0.3, 0.4) is 0 Å². The molecule has 7 nitrogen and oxygen atoms in total. The Bertz CT molecular complexity index is 1160. The predicted octanol–water partition coefficient (Wildman–Crippen LogP) is 3.78. The second kappa shape index (κ2) is 9.15. The summed E-state index contributed by atoms with van der Waals surface area (Å²) in [6.07, 6.45) is 2.19. The SMILES string of the molecule is Cc1cccc(NS(=O)(=O)c2ccc3c(c2)NC(=O)[C@H](CC(=O)N2CCCC2)CS3)c1C. The first-order valence-corrected chi connectivity index (χ1v) is 13.2. The zero-order valence-corrected chi connectivity index (χ0v) is 19.8. The number of nitrogens with zero attached hydrogens (tertiary/aromatic N) is 1. The van der Waals surface area contributed by atoms with Crippen LogP contribution in [0.1, 0.15) is 30.4 Å². The summed E-state index contributed by atoms with van der Waals surface area (Å²) in [7, 11) is -3.83. The number of thioether (sulfide) groups is 1. The lowest BCUT2D eigenvalue weighted by atomic mass is 10.1. The Morgan fingerprint density at radius 1 is 1.19 bits per heavy atom. The van der Waals surface area contributed by atoms with Gasteiger partial charge in [-0.1, -0.05) is 12.1 Å². The van der Waals surface area contributed by atoms with E-state index in [-0.39, 0.29) is 23.1 Å². The van der Waals surface area contributed by atoms with Crippen molar-refractivity contribution in [1.82, 2.24) is 4.90 Å². The van der Waals surface area contributed by atoms with Gasteiger partial charge in [0.2, 0.25) is 11.8 Å². The normalized spacial score (nSPS) is 18.6. The highest BCUT2D eigenvalue weighted by Crippen LogP contribution is 2.36. The maximum atomic E-state index is 13.0. The molecule has 2 aliphatic heterocycles. The summed E-state index contributed by atoms with van der Waals surface area (Å²) in [5.41, 5.74) is 2.84. The van der Waals surface area contributed by atoms with Gasteiger partial charge in [-0.2, -0.15) is 0 Å². The third-order valence-electron chi connectivity index (χ3n) is 6.06. The van der Waals surface area contributed by atoms with Gasteiger partial charge in [0.05, 0.1) is 22.2 Å². The molecule has 4 rings (SSSR count). The highest BCUT2D eigenvalue weighted by molar-refractivity contribution is 7.99. The molecule has 1 fully saturated rings. The number of carbonyl (C=O) groups excluding carboxylic acids is 2. The molecule has 0 aliphatic carbocycles. The van der Waals surface area contributed by atoms with Gasteiger partial charge in [0.25, 0.3) is 10.0 Å². The Labute approximate surface area is 193 Å². The van der Waals surface area contributed by atoms with Crippen LogP contribution in [-0.2, 0) is 19.6 Å². The van der Waals surface area contributed by atoms with Gasteiger partial charge < -0.3 is 10.2 Å². The van der Waals surface area contributed by atoms with Gasteiger partial charge in [0, 0.05) is 30.2 Å². The maximum absolute atomic E-state index is 13.0. The highest BCUT2D eigenvalue weighted by atomic mass is 32.2. The van der Waals surface area contributed by atoms with E-state index in [1.54, 1.807) is 24.3 Å². The predicted molar refractivity (Wildman–Crippen MR) is 126 cm³/mol. The van der Waals surface area contributed by atoms with Crippen LogP contribution in [0.15, 0.2) is 46.2 Å². The molecule has 170 valence electrons. The zero-order valence-electron chi connectivity index (χ0n) is 18.2. The van der Waals surface area contributed by atoms with Crippen molar-refractivity contribution in [3.8, 4) is 0 Å². The van der Waals surface area contributed by atoms with E-state index in [1.165, 1.54) is 17.8 Å². The van der Waals surface area contributed by atoms with E-state index in [4.69, 9.17) is 0 Å². The molecule has 2 amide bonds.